The summed E-state index contributed by atoms with van der Waals surface area (Å²) in [4.78, 5) is 39.3. The number of carbonyl (C=O) groups excluding carboxylic acids is 3. The van der Waals surface area contributed by atoms with Crippen molar-refractivity contribution in [1.29, 1.82) is 5.41 Å². The molecule has 1 aliphatic rings. The van der Waals surface area contributed by atoms with Crippen LogP contribution >= 0.6 is 11.3 Å². The second-order valence-electron chi connectivity index (χ2n) is 7.62. The summed E-state index contributed by atoms with van der Waals surface area (Å²) >= 11 is 1.40. The molecule has 0 spiro atoms. The van der Waals surface area contributed by atoms with Gasteiger partial charge in [0.1, 0.15) is 23.4 Å². The molecule has 34 heavy (non-hydrogen) atoms. The van der Waals surface area contributed by atoms with E-state index in [-0.39, 0.29) is 30.1 Å². The number of nitrogens with one attached hydrogen (secondary N) is 3. The van der Waals surface area contributed by atoms with Crippen molar-refractivity contribution in [2.75, 3.05) is 13.1 Å². The average molecular weight is 478 g/mol. The average Bonchev–Trinajstić information content (AvgIpc) is 3.51. The number of amidine groups is 1. The first kappa shape index (κ1) is 23.0. The maximum Gasteiger partial charge on any atom is 0.251 e. The Bertz CT molecular complexity index is 1210. The van der Waals surface area contributed by atoms with E-state index in [1.54, 1.807) is 35.7 Å². The Morgan fingerprint density at radius 1 is 1.03 bits per heavy atom. The third-order valence-electron chi connectivity index (χ3n) is 5.13. The molecular weight excluding hydrogens is 454 g/mol. The first-order valence-electron chi connectivity index (χ1n) is 10.5. The first-order valence-corrected chi connectivity index (χ1v) is 11.4. The summed E-state index contributed by atoms with van der Waals surface area (Å²) in [6.45, 7) is 0.420. The van der Waals surface area contributed by atoms with Crippen LogP contribution in [0, 0.1) is 5.41 Å². The van der Waals surface area contributed by atoms with Crippen LogP contribution in [0.15, 0.2) is 66.0 Å². The number of nitrogen functional groups attached to an aromatic ring is 1. The van der Waals surface area contributed by atoms with E-state index in [2.05, 4.69) is 10.6 Å². The number of thiophene rings is 1. The molecule has 1 aliphatic heterocycles. The lowest BCUT2D eigenvalue weighted by Crippen LogP contribution is -2.36. The van der Waals surface area contributed by atoms with Gasteiger partial charge in [-0.1, -0.05) is 18.2 Å². The minimum absolute atomic E-state index is 0.0219. The molecule has 0 bridgehead atoms. The fourth-order valence-corrected chi connectivity index (χ4v) is 4.03. The molecule has 2 aromatic carbocycles. The molecule has 5 N–H and O–H groups in total. The zero-order valence-electron chi connectivity index (χ0n) is 18.1. The van der Waals surface area contributed by atoms with E-state index in [1.807, 2.05) is 30.3 Å². The van der Waals surface area contributed by atoms with E-state index in [0.29, 0.717) is 35.7 Å². The molecule has 1 atom stereocenters. The number of rotatable bonds is 9. The first-order chi connectivity index (χ1) is 16.4. The molecule has 3 aromatic rings. The highest BCUT2D eigenvalue weighted by Gasteiger charge is 2.43. The van der Waals surface area contributed by atoms with Crippen molar-refractivity contribution < 1.29 is 19.1 Å². The largest absolute Gasteiger partial charge is 0.457 e. The topological polar surface area (TPSA) is 137 Å². The van der Waals surface area contributed by atoms with Gasteiger partial charge in [-0.25, -0.2) is 0 Å². The Morgan fingerprint density at radius 3 is 2.41 bits per heavy atom. The molecule has 2 heterocycles. The number of nitrogens with zero attached hydrogens (tertiary/aromatic N) is 1. The highest BCUT2D eigenvalue weighted by atomic mass is 32.1. The minimum Gasteiger partial charge on any atom is -0.457 e. The van der Waals surface area contributed by atoms with Gasteiger partial charge in [0.15, 0.2) is 0 Å². The van der Waals surface area contributed by atoms with E-state index in [0.717, 1.165) is 4.88 Å². The summed E-state index contributed by atoms with van der Waals surface area (Å²) in [6, 6.07) is 17.1. The molecule has 1 fully saturated rings. The van der Waals surface area contributed by atoms with E-state index >= 15 is 0 Å². The van der Waals surface area contributed by atoms with Crippen LogP contribution in [0.25, 0.3) is 0 Å². The van der Waals surface area contributed by atoms with Crippen LogP contribution in [0.1, 0.15) is 20.8 Å². The normalized spacial score (nSPS) is 14.2. The molecule has 174 valence electrons. The molecule has 0 saturated carbocycles. The Hall–Kier alpha value is -4.18. The fourth-order valence-electron chi connectivity index (χ4n) is 3.20. The standard InChI is InChI=1S/C24H23N5O4S/c25-22(26)16-10-19(34-14-16)11-27-24(32)20-13-29(20)21(30)12-28-23(31)15-6-8-18(9-7-15)33-17-4-2-1-3-5-17/h1-10,14,20H,11-13H2,(H3,25,26)(H,27,32)(H,28,31)/t20-,29?/m0/s1. The lowest BCUT2D eigenvalue weighted by Gasteiger charge is -2.08. The van der Waals surface area contributed by atoms with Crippen molar-refractivity contribution in [2.24, 2.45) is 5.73 Å². The molecule has 1 saturated heterocycles. The molecule has 10 heteroatoms. The highest BCUT2D eigenvalue weighted by molar-refractivity contribution is 7.10. The van der Waals surface area contributed by atoms with Crippen molar-refractivity contribution in [3.8, 4) is 11.5 Å². The van der Waals surface area contributed by atoms with Gasteiger partial charge in [-0.15, -0.1) is 11.3 Å². The lowest BCUT2D eigenvalue weighted by atomic mass is 10.2. The van der Waals surface area contributed by atoms with Crippen LogP contribution in [0.5, 0.6) is 11.5 Å². The summed E-state index contributed by atoms with van der Waals surface area (Å²) in [5.74, 6) is 0.294. The van der Waals surface area contributed by atoms with Crippen LogP contribution in [0.3, 0.4) is 0 Å². The van der Waals surface area contributed by atoms with Gasteiger partial charge >= 0.3 is 0 Å². The third-order valence-corrected chi connectivity index (χ3v) is 6.07. The van der Waals surface area contributed by atoms with Crippen molar-refractivity contribution in [2.45, 2.75) is 12.6 Å². The summed E-state index contributed by atoms with van der Waals surface area (Å²) in [7, 11) is 0. The quantitative estimate of drug-likeness (QED) is 0.212. The van der Waals surface area contributed by atoms with Crippen LogP contribution < -0.4 is 21.1 Å². The molecule has 0 unspecified atom stereocenters. The van der Waals surface area contributed by atoms with Crippen LogP contribution in [-0.4, -0.2) is 47.6 Å². The molecule has 0 radical (unpaired) electrons. The highest BCUT2D eigenvalue weighted by Crippen LogP contribution is 2.21. The summed E-state index contributed by atoms with van der Waals surface area (Å²) in [6.07, 6.45) is 0. The minimum atomic E-state index is -0.536. The maximum absolute atomic E-state index is 12.4. The van der Waals surface area contributed by atoms with Crippen molar-refractivity contribution in [3.63, 3.8) is 0 Å². The van der Waals surface area contributed by atoms with Crippen molar-refractivity contribution in [1.82, 2.24) is 15.5 Å². The number of para-hydroxylation sites is 1. The van der Waals surface area contributed by atoms with Gasteiger partial charge in [-0.05, 0) is 42.5 Å². The zero-order chi connectivity index (χ0) is 24.1. The van der Waals surface area contributed by atoms with E-state index in [4.69, 9.17) is 15.9 Å². The smallest absolute Gasteiger partial charge is 0.251 e. The Morgan fingerprint density at radius 2 is 1.74 bits per heavy atom. The number of carbonyl (C=O) groups is 3. The van der Waals surface area contributed by atoms with E-state index < -0.39 is 6.04 Å². The number of ether oxygens (including phenoxy) is 1. The predicted octanol–water partition coefficient (Wildman–Crippen LogP) is 2.08. The number of hydrogen-bond acceptors (Lipinski definition) is 6. The zero-order valence-corrected chi connectivity index (χ0v) is 18.9. The third kappa shape index (κ3) is 5.78. The Labute approximate surface area is 200 Å². The summed E-state index contributed by atoms with van der Waals surface area (Å²) in [5.41, 5.74) is 6.45. The molecule has 4 rings (SSSR count). The predicted molar refractivity (Wildman–Crippen MR) is 128 cm³/mol. The maximum atomic E-state index is 12.4. The lowest BCUT2D eigenvalue weighted by molar-refractivity contribution is -0.129. The van der Waals surface area contributed by atoms with Gasteiger partial charge < -0.3 is 26.0 Å². The molecule has 1 aromatic heterocycles. The number of amides is 3. The summed E-state index contributed by atoms with van der Waals surface area (Å²) in [5, 5.41) is 14.5. The second kappa shape index (κ2) is 10.2. The van der Waals surface area contributed by atoms with Gasteiger partial charge in [0.25, 0.3) is 5.91 Å². The SMILES string of the molecule is N=C(N)c1csc(CNC(=O)[C@@H]2CN2C(=O)CNC(=O)c2ccc(Oc3ccccc3)cc2)c1. The van der Waals surface area contributed by atoms with E-state index in [1.165, 1.54) is 16.2 Å². The molecule has 3 amide bonds. The van der Waals surface area contributed by atoms with Gasteiger partial charge in [0, 0.05) is 21.4 Å². The van der Waals surface area contributed by atoms with Crippen molar-refractivity contribution >= 4 is 34.9 Å². The van der Waals surface area contributed by atoms with Gasteiger partial charge in [-0.3, -0.25) is 19.8 Å². The summed E-state index contributed by atoms with van der Waals surface area (Å²) < 4.78 is 5.70. The number of benzene rings is 2. The molecule has 0 aliphatic carbocycles. The van der Waals surface area contributed by atoms with Crippen LogP contribution in [0.4, 0.5) is 0 Å². The van der Waals surface area contributed by atoms with Gasteiger partial charge in [-0.2, -0.15) is 0 Å². The van der Waals surface area contributed by atoms with Crippen LogP contribution in [-0.2, 0) is 16.1 Å². The molecule has 9 nitrogen and oxygen atoms in total. The monoisotopic (exact) mass is 477 g/mol. The second-order valence-corrected chi connectivity index (χ2v) is 8.61. The Kier molecular flexibility index (Phi) is 6.88. The fraction of sp³-hybridized carbons (Fsp3) is 0.167. The molecular formula is C24H23N5O4S. The Balaban J connectivity index is 1.19. The van der Waals surface area contributed by atoms with Crippen LogP contribution in [0.2, 0.25) is 0 Å². The van der Waals surface area contributed by atoms with Gasteiger partial charge in [0.05, 0.1) is 19.6 Å². The number of hydrogen-bond donors (Lipinski definition) is 4. The van der Waals surface area contributed by atoms with Gasteiger partial charge in [0.2, 0.25) is 11.8 Å². The number of nitrogens with two attached hydrogens (primary N) is 1. The van der Waals surface area contributed by atoms with E-state index in [9.17, 15) is 14.4 Å². The van der Waals surface area contributed by atoms with Crippen molar-refractivity contribution in [3.05, 3.63) is 82.0 Å².